The Hall–Kier alpha value is -2.41. The van der Waals surface area contributed by atoms with Gasteiger partial charge in [-0.15, -0.1) is 0 Å². The van der Waals surface area contributed by atoms with Crippen molar-refractivity contribution in [2.75, 3.05) is 0 Å². The van der Waals surface area contributed by atoms with Crippen molar-refractivity contribution in [1.82, 2.24) is 0 Å². The summed E-state index contributed by atoms with van der Waals surface area (Å²) in [7, 11) is 0. The van der Waals surface area contributed by atoms with Crippen molar-refractivity contribution in [3.63, 3.8) is 0 Å². The third-order valence-electron chi connectivity index (χ3n) is 3.67. The van der Waals surface area contributed by atoms with Crippen molar-refractivity contribution >= 4 is 29.4 Å². The van der Waals surface area contributed by atoms with Gasteiger partial charge in [0.15, 0.2) is 6.10 Å². The Kier molecular flexibility index (Phi) is 7.79. The van der Waals surface area contributed by atoms with Crippen LogP contribution in [0.5, 0.6) is 0 Å². The highest BCUT2D eigenvalue weighted by atomic mass is 35.5. The van der Waals surface area contributed by atoms with E-state index in [1.54, 1.807) is 50.2 Å². The lowest BCUT2D eigenvalue weighted by Crippen LogP contribution is -2.82. The van der Waals surface area contributed by atoms with Crippen molar-refractivity contribution in [2.45, 2.75) is 39.1 Å². The average Bonchev–Trinajstić information content (AvgIpc) is 2.60. The highest BCUT2D eigenvalue weighted by molar-refractivity contribution is 6.30. The fourth-order valence-electron chi connectivity index (χ4n) is 2.44. The molecule has 2 rings (SSSR count). The van der Waals surface area contributed by atoms with E-state index in [0.717, 1.165) is 11.1 Å². The molecule has 1 atom stereocenters. The molecule has 6 nitrogen and oxygen atoms in total. The molecule has 2 aromatic carbocycles. The highest BCUT2D eigenvalue weighted by Crippen LogP contribution is 2.12. The van der Waals surface area contributed by atoms with E-state index in [4.69, 9.17) is 21.1 Å². The first-order valence-corrected chi connectivity index (χ1v) is 8.94. The number of carbonyl (C=O) groups is 2. The monoisotopic (exact) mass is 392 g/mol. The van der Waals surface area contributed by atoms with Gasteiger partial charge in [-0.25, -0.2) is 10.1 Å². The van der Waals surface area contributed by atoms with Crippen LogP contribution in [0.4, 0.5) is 10.5 Å². The molecule has 2 aromatic rings. The summed E-state index contributed by atoms with van der Waals surface area (Å²) in [5, 5.41) is 11.2. The van der Waals surface area contributed by atoms with Gasteiger partial charge in [0.2, 0.25) is 0 Å². The number of ether oxygens (including phenoxy) is 2. The van der Waals surface area contributed by atoms with Gasteiger partial charge < -0.3 is 14.6 Å². The van der Waals surface area contributed by atoms with Crippen molar-refractivity contribution < 1.29 is 29.5 Å². The molecular formula is C20H23ClNO5+. The molecule has 0 aliphatic heterocycles. The molecule has 0 aliphatic rings. The summed E-state index contributed by atoms with van der Waals surface area (Å²) in [4.78, 5) is 23.1. The van der Waals surface area contributed by atoms with E-state index in [9.17, 15) is 14.7 Å². The molecule has 0 radical (unpaired) electrons. The number of halogens is 1. The van der Waals surface area contributed by atoms with Crippen LogP contribution in [-0.4, -0.2) is 29.4 Å². The van der Waals surface area contributed by atoms with Gasteiger partial charge in [0.1, 0.15) is 12.3 Å². The Balaban J connectivity index is 1.86. The number of rotatable bonds is 8. The second-order valence-corrected chi connectivity index (χ2v) is 6.78. The molecule has 1 unspecified atom stereocenters. The predicted molar refractivity (Wildman–Crippen MR) is 101 cm³/mol. The lowest BCUT2D eigenvalue weighted by molar-refractivity contribution is -0.483. The van der Waals surface area contributed by atoms with E-state index in [-0.39, 0.29) is 19.1 Å². The molecule has 0 aliphatic carbocycles. The number of carboxylic acid groups (broad SMARTS) is 1. The Morgan fingerprint density at radius 1 is 1.11 bits per heavy atom. The number of carbonyl (C=O) groups excluding carboxylic acids is 1. The Labute approximate surface area is 163 Å². The topological polar surface area (TPSA) is 89.4 Å². The summed E-state index contributed by atoms with van der Waals surface area (Å²) >= 11 is 5.88. The molecule has 0 saturated heterocycles. The second kappa shape index (κ2) is 10.1. The molecule has 3 N–H and O–H groups in total. The molecule has 1 amide bonds. The van der Waals surface area contributed by atoms with Crippen LogP contribution in [-0.2, 0) is 27.3 Å². The first kappa shape index (κ1) is 20.9. The van der Waals surface area contributed by atoms with Gasteiger partial charge in [-0.3, -0.25) is 0 Å². The van der Waals surface area contributed by atoms with Gasteiger partial charge in [0.25, 0.3) is 0 Å². The molecule has 0 saturated carbocycles. The smallest absolute Gasteiger partial charge is 0.479 e. The highest BCUT2D eigenvalue weighted by Gasteiger charge is 2.20. The molecular weight excluding hydrogens is 370 g/mol. The van der Waals surface area contributed by atoms with Crippen LogP contribution < -0.4 is 5.32 Å². The summed E-state index contributed by atoms with van der Waals surface area (Å²) in [5.41, 5.74) is 2.32. The van der Waals surface area contributed by atoms with Gasteiger partial charge in [-0.1, -0.05) is 41.9 Å². The zero-order valence-electron chi connectivity index (χ0n) is 15.2. The summed E-state index contributed by atoms with van der Waals surface area (Å²) < 4.78 is 10.6. The van der Waals surface area contributed by atoms with Crippen molar-refractivity contribution in [3.05, 3.63) is 64.7 Å². The van der Waals surface area contributed by atoms with Gasteiger partial charge in [-0.05, 0) is 37.1 Å². The standard InChI is InChI=1S/C20H22ClNO5/c1-13(2)27-18(19(23)24)10-14-6-8-15(9-7-14)12-26-20(25)22-17-5-3-4-16(21)11-17/h3-9,11,13,18H,10,12H2,1-2H3,(H,22,25)(H,23,24)/p+1. The third kappa shape index (κ3) is 7.38. The summed E-state index contributed by atoms with van der Waals surface area (Å²) in [6, 6.07) is 14.1. The van der Waals surface area contributed by atoms with Crippen LogP contribution in [0.15, 0.2) is 48.5 Å². The summed E-state index contributed by atoms with van der Waals surface area (Å²) in [5.74, 6) is -0.988. The van der Waals surface area contributed by atoms with E-state index in [1.165, 1.54) is 5.32 Å². The van der Waals surface area contributed by atoms with Crippen LogP contribution in [0.1, 0.15) is 25.0 Å². The molecule has 0 heterocycles. The number of benzene rings is 2. The van der Waals surface area contributed by atoms with Gasteiger partial charge in [-0.2, -0.15) is 4.79 Å². The molecule has 0 bridgehead atoms. The fourth-order valence-corrected chi connectivity index (χ4v) is 2.64. The maximum atomic E-state index is 11.9. The predicted octanol–water partition coefficient (Wildman–Crippen LogP) is 3.29. The number of primary amides is 1. The van der Waals surface area contributed by atoms with Crippen LogP contribution >= 0.6 is 11.6 Å². The van der Waals surface area contributed by atoms with Crippen LogP contribution in [0.3, 0.4) is 0 Å². The first-order chi connectivity index (χ1) is 12.8. The quantitative estimate of drug-likeness (QED) is 0.673. The molecule has 7 heteroatoms. The number of nitrogens with two attached hydrogens (primary N) is 1. The van der Waals surface area contributed by atoms with Crippen molar-refractivity contribution in [3.8, 4) is 0 Å². The Bertz CT molecular complexity index is 776. The molecule has 0 fully saturated rings. The van der Waals surface area contributed by atoms with E-state index in [1.807, 2.05) is 12.1 Å². The number of hydrogen-bond acceptors (Lipinski definition) is 4. The number of aliphatic carboxylic acids is 1. The van der Waals surface area contributed by atoms with Gasteiger partial charge >= 0.3 is 12.1 Å². The van der Waals surface area contributed by atoms with E-state index < -0.39 is 18.2 Å². The zero-order chi connectivity index (χ0) is 19.8. The van der Waals surface area contributed by atoms with Gasteiger partial charge in [0.05, 0.1) is 6.10 Å². The number of amides is 1. The molecule has 27 heavy (non-hydrogen) atoms. The molecule has 0 spiro atoms. The van der Waals surface area contributed by atoms with E-state index in [0.29, 0.717) is 10.7 Å². The lowest BCUT2D eigenvalue weighted by atomic mass is 10.1. The molecule has 144 valence electrons. The third-order valence-corrected chi connectivity index (χ3v) is 3.91. The van der Waals surface area contributed by atoms with Crippen LogP contribution in [0.2, 0.25) is 5.02 Å². The van der Waals surface area contributed by atoms with Crippen LogP contribution in [0, 0.1) is 0 Å². The second-order valence-electron chi connectivity index (χ2n) is 6.34. The maximum Gasteiger partial charge on any atom is 0.518 e. The van der Waals surface area contributed by atoms with Crippen molar-refractivity contribution in [2.24, 2.45) is 0 Å². The largest absolute Gasteiger partial charge is 0.518 e. The Morgan fingerprint density at radius 2 is 1.78 bits per heavy atom. The summed E-state index contributed by atoms with van der Waals surface area (Å²) in [6.45, 7) is 3.72. The molecule has 0 aromatic heterocycles. The minimum atomic E-state index is -0.988. The minimum Gasteiger partial charge on any atom is -0.479 e. The number of quaternary nitrogens is 1. The Morgan fingerprint density at radius 3 is 2.37 bits per heavy atom. The maximum absolute atomic E-state index is 11.9. The zero-order valence-corrected chi connectivity index (χ0v) is 16.0. The fraction of sp³-hybridized carbons (Fsp3) is 0.300. The normalized spacial score (nSPS) is 12.0. The average molecular weight is 393 g/mol. The SMILES string of the molecule is CC(C)OC(Cc1ccc(COC(=O)[NH2+]c2cccc(Cl)c2)cc1)C(=O)O. The number of hydrogen-bond donors (Lipinski definition) is 2. The van der Waals surface area contributed by atoms with E-state index in [2.05, 4.69) is 0 Å². The first-order valence-electron chi connectivity index (χ1n) is 8.56. The van der Waals surface area contributed by atoms with Gasteiger partial charge in [0, 0.05) is 17.5 Å². The van der Waals surface area contributed by atoms with Crippen molar-refractivity contribution in [1.29, 1.82) is 0 Å². The lowest BCUT2D eigenvalue weighted by Gasteiger charge is -2.16. The minimum absolute atomic E-state index is 0.126. The summed E-state index contributed by atoms with van der Waals surface area (Å²) in [6.07, 6.45) is -1.24. The van der Waals surface area contributed by atoms with E-state index >= 15 is 0 Å². The number of carboxylic acids is 1. The van der Waals surface area contributed by atoms with Crippen LogP contribution in [0.25, 0.3) is 0 Å².